The van der Waals surface area contributed by atoms with Gasteiger partial charge in [-0.2, -0.15) is 5.26 Å². The summed E-state index contributed by atoms with van der Waals surface area (Å²) in [5.41, 5.74) is 0.932. The quantitative estimate of drug-likeness (QED) is 0.793. The summed E-state index contributed by atoms with van der Waals surface area (Å²) < 4.78 is 26.3. The molecule has 0 aromatic heterocycles. The van der Waals surface area contributed by atoms with E-state index in [0.717, 1.165) is 0 Å². The summed E-state index contributed by atoms with van der Waals surface area (Å²) in [5, 5.41) is 17.8. The van der Waals surface area contributed by atoms with Gasteiger partial charge in [0.05, 0.1) is 17.4 Å². The van der Waals surface area contributed by atoms with Gasteiger partial charge in [0.25, 0.3) is 0 Å². The van der Waals surface area contributed by atoms with E-state index in [4.69, 9.17) is 10.4 Å². The Bertz CT molecular complexity index is 632. The third kappa shape index (κ3) is 5.17. The number of hydrogen-bond donors (Lipinski definition) is 2. The summed E-state index contributed by atoms with van der Waals surface area (Å²) in [7, 11) is -3.77. The SMILES string of the molecule is CCC(C)[C@H](NS(=O)(=O)Cc1ccc(C#N)cc1)C(=O)O. The van der Waals surface area contributed by atoms with Crippen LogP contribution >= 0.6 is 0 Å². The summed E-state index contributed by atoms with van der Waals surface area (Å²) in [6.07, 6.45) is 0.552. The molecule has 1 unspecified atom stereocenters. The van der Waals surface area contributed by atoms with Crippen molar-refractivity contribution in [3.05, 3.63) is 35.4 Å². The van der Waals surface area contributed by atoms with Gasteiger partial charge in [0.15, 0.2) is 0 Å². The van der Waals surface area contributed by atoms with Gasteiger partial charge in [-0.1, -0.05) is 32.4 Å². The van der Waals surface area contributed by atoms with Gasteiger partial charge in [-0.25, -0.2) is 13.1 Å². The molecule has 0 bridgehead atoms. The first-order valence-corrected chi connectivity index (χ1v) is 8.16. The minimum atomic E-state index is -3.77. The summed E-state index contributed by atoms with van der Waals surface area (Å²) in [5.74, 6) is -1.81. The van der Waals surface area contributed by atoms with E-state index < -0.39 is 22.0 Å². The summed E-state index contributed by atoms with van der Waals surface area (Å²) in [4.78, 5) is 11.2. The molecule has 2 N–H and O–H groups in total. The Morgan fingerprint density at radius 2 is 1.95 bits per heavy atom. The van der Waals surface area contributed by atoms with E-state index in [-0.39, 0.29) is 11.7 Å². The van der Waals surface area contributed by atoms with Crippen molar-refractivity contribution in [3.63, 3.8) is 0 Å². The van der Waals surface area contributed by atoms with Crippen molar-refractivity contribution < 1.29 is 18.3 Å². The molecular weight excluding hydrogens is 292 g/mol. The number of benzene rings is 1. The van der Waals surface area contributed by atoms with Gasteiger partial charge in [-0.05, 0) is 23.6 Å². The zero-order chi connectivity index (χ0) is 16.0. The average Bonchev–Trinajstić information content (AvgIpc) is 2.44. The molecule has 0 aliphatic rings. The molecule has 0 saturated carbocycles. The lowest BCUT2D eigenvalue weighted by molar-refractivity contribution is -0.140. The highest BCUT2D eigenvalue weighted by Crippen LogP contribution is 2.12. The molecule has 1 aromatic carbocycles. The number of nitrogens with one attached hydrogen (secondary N) is 1. The smallest absolute Gasteiger partial charge is 0.322 e. The standard InChI is InChI=1S/C14H18N2O4S/c1-3-10(2)13(14(17)18)16-21(19,20)9-12-6-4-11(8-15)5-7-12/h4-7,10,13,16H,3,9H2,1-2H3,(H,17,18)/t10?,13-/m0/s1. The zero-order valence-corrected chi connectivity index (χ0v) is 12.7. The highest BCUT2D eigenvalue weighted by molar-refractivity contribution is 7.88. The van der Waals surface area contributed by atoms with Gasteiger partial charge in [0.1, 0.15) is 6.04 Å². The summed E-state index contributed by atoms with van der Waals surface area (Å²) >= 11 is 0. The monoisotopic (exact) mass is 310 g/mol. The summed E-state index contributed by atoms with van der Waals surface area (Å²) in [6.45, 7) is 3.48. The molecule has 0 radical (unpaired) electrons. The van der Waals surface area contributed by atoms with Crippen molar-refractivity contribution in [2.75, 3.05) is 0 Å². The molecule has 6 nitrogen and oxygen atoms in total. The van der Waals surface area contributed by atoms with E-state index in [1.807, 2.05) is 6.07 Å². The number of hydrogen-bond acceptors (Lipinski definition) is 4. The van der Waals surface area contributed by atoms with Crippen LogP contribution < -0.4 is 4.72 Å². The first-order valence-electron chi connectivity index (χ1n) is 6.51. The Balaban J connectivity index is 2.85. The maximum Gasteiger partial charge on any atom is 0.322 e. The highest BCUT2D eigenvalue weighted by atomic mass is 32.2. The van der Waals surface area contributed by atoms with Gasteiger partial charge in [0.2, 0.25) is 10.0 Å². The van der Waals surface area contributed by atoms with Crippen molar-refractivity contribution in [1.82, 2.24) is 4.72 Å². The lowest BCUT2D eigenvalue weighted by atomic mass is 10.0. The Labute approximate surface area is 124 Å². The molecule has 0 fully saturated rings. The minimum absolute atomic E-state index is 0.307. The van der Waals surface area contributed by atoms with Crippen molar-refractivity contribution >= 4 is 16.0 Å². The molecule has 0 spiro atoms. The number of carboxylic acid groups (broad SMARTS) is 1. The second kappa shape index (κ2) is 7.20. The van der Waals surface area contributed by atoms with Crippen LogP contribution in [0.1, 0.15) is 31.4 Å². The Morgan fingerprint density at radius 1 is 1.38 bits per heavy atom. The molecule has 0 aliphatic heterocycles. The molecular formula is C14H18N2O4S. The predicted molar refractivity (Wildman–Crippen MR) is 77.8 cm³/mol. The van der Waals surface area contributed by atoms with Gasteiger partial charge >= 0.3 is 5.97 Å². The van der Waals surface area contributed by atoms with Crippen LogP contribution in [0.15, 0.2) is 24.3 Å². The zero-order valence-electron chi connectivity index (χ0n) is 11.9. The largest absolute Gasteiger partial charge is 0.480 e. The van der Waals surface area contributed by atoms with Gasteiger partial charge < -0.3 is 5.11 Å². The number of carboxylic acids is 1. The molecule has 0 heterocycles. The number of sulfonamides is 1. The van der Waals surface area contributed by atoms with E-state index in [2.05, 4.69) is 4.72 Å². The molecule has 0 amide bonds. The Morgan fingerprint density at radius 3 is 2.38 bits per heavy atom. The van der Waals surface area contributed by atoms with Crippen LogP contribution in [0.5, 0.6) is 0 Å². The second-order valence-corrected chi connectivity index (χ2v) is 6.64. The highest BCUT2D eigenvalue weighted by Gasteiger charge is 2.28. The van der Waals surface area contributed by atoms with Crippen molar-refractivity contribution in [2.45, 2.75) is 32.1 Å². The van der Waals surface area contributed by atoms with Crippen LogP contribution in [0.25, 0.3) is 0 Å². The molecule has 7 heteroatoms. The number of rotatable bonds is 7. The number of carbonyl (C=O) groups is 1. The van der Waals surface area contributed by atoms with Crippen LogP contribution in [0.2, 0.25) is 0 Å². The molecule has 0 aliphatic carbocycles. The first kappa shape index (κ1) is 17.1. The second-order valence-electron chi connectivity index (χ2n) is 4.89. The average molecular weight is 310 g/mol. The number of nitriles is 1. The van der Waals surface area contributed by atoms with Crippen molar-refractivity contribution in [1.29, 1.82) is 5.26 Å². The van der Waals surface area contributed by atoms with E-state index in [9.17, 15) is 13.2 Å². The molecule has 1 aromatic rings. The van der Waals surface area contributed by atoms with Crippen LogP contribution in [0, 0.1) is 17.2 Å². The first-order chi connectivity index (χ1) is 9.79. The van der Waals surface area contributed by atoms with E-state index in [1.54, 1.807) is 13.8 Å². The minimum Gasteiger partial charge on any atom is -0.480 e. The molecule has 114 valence electrons. The molecule has 1 rings (SSSR count). The van der Waals surface area contributed by atoms with E-state index in [0.29, 0.717) is 17.5 Å². The topological polar surface area (TPSA) is 107 Å². The maximum atomic E-state index is 12.1. The lowest BCUT2D eigenvalue weighted by Crippen LogP contribution is -2.45. The maximum absolute atomic E-state index is 12.1. The van der Waals surface area contributed by atoms with Crippen LogP contribution in [-0.4, -0.2) is 25.5 Å². The van der Waals surface area contributed by atoms with Gasteiger partial charge in [-0.3, -0.25) is 4.79 Å². The fraction of sp³-hybridized carbons (Fsp3) is 0.429. The third-order valence-corrected chi connectivity index (χ3v) is 4.55. The Hall–Kier alpha value is -1.91. The van der Waals surface area contributed by atoms with Crippen molar-refractivity contribution in [2.24, 2.45) is 5.92 Å². The number of nitrogens with zero attached hydrogens (tertiary/aromatic N) is 1. The fourth-order valence-corrected chi connectivity index (χ4v) is 3.21. The summed E-state index contributed by atoms with van der Waals surface area (Å²) in [6, 6.07) is 6.92. The Kier molecular flexibility index (Phi) is 5.88. The lowest BCUT2D eigenvalue weighted by Gasteiger charge is -2.20. The third-order valence-electron chi connectivity index (χ3n) is 3.23. The van der Waals surface area contributed by atoms with Gasteiger partial charge in [-0.15, -0.1) is 0 Å². The predicted octanol–water partition coefficient (Wildman–Crippen LogP) is 1.48. The molecule has 21 heavy (non-hydrogen) atoms. The van der Waals surface area contributed by atoms with Gasteiger partial charge in [0, 0.05) is 0 Å². The molecule has 0 saturated heterocycles. The van der Waals surface area contributed by atoms with E-state index >= 15 is 0 Å². The van der Waals surface area contributed by atoms with Crippen LogP contribution in [0.4, 0.5) is 0 Å². The number of aliphatic carboxylic acids is 1. The normalized spacial score (nSPS) is 14.1. The molecule has 2 atom stereocenters. The van der Waals surface area contributed by atoms with E-state index in [1.165, 1.54) is 24.3 Å². The van der Waals surface area contributed by atoms with Crippen molar-refractivity contribution in [3.8, 4) is 6.07 Å². The van der Waals surface area contributed by atoms with Crippen LogP contribution in [-0.2, 0) is 20.6 Å². The fourth-order valence-electron chi connectivity index (χ4n) is 1.78. The van der Waals surface area contributed by atoms with Crippen LogP contribution in [0.3, 0.4) is 0 Å².